The molecule has 1 aromatic rings. The highest BCUT2D eigenvalue weighted by Gasteiger charge is 2.26. The Labute approximate surface area is 161 Å². The Balaban J connectivity index is 1.44. The van der Waals surface area contributed by atoms with E-state index in [1.54, 1.807) is 0 Å². The molecular weight excluding hydrogens is 342 g/mol. The largest absolute Gasteiger partial charge is 0.482 e. The van der Waals surface area contributed by atoms with Crippen molar-refractivity contribution in [3.05, 3.63) is 23.5 Å². The predicted octanol–water partition coefficient (Wildman–Crippen LogP) is 2.63. The number of aromatic nitrogens is 1. The molecule has 0 unspecified atom stereocenters. The molecule has 2 heterocycles. The molecule has 0 spiro atoms. The van der Waals surface area contributed by atoms with E-state index in [0.29, 0.717) is 24.1 Å². The lowest BCUT2D eigenvalue weighted by molar-refractivity contribution is -0.135. The summed E-state index contributed by atoms with van der Waals surface area (Å²) in [4.78, 5) is 30.8. The van der Waals surface area contributed by atoms with Crippen molar-refractivity contribution < 1.29 is 14.3 Å². The number of carbonyl (C=O) groups excluding carboxylic acids is 2. The van der Waals surface area contributed by atoms with E-state index in [1.165, 1.54) is 0 Å². The van der Waals surface area contributed by atoms with Crippen molar-refractivity contribution in [2.45, 2.75) is 64.8 Å². The normalized spacial score (nSPS) is 19.6. The predicted molar refractivity (Wildman–Crippen MR) is 104 cm³/mol. The Morgan fingerprint density at radius 3 is 2.85 bits per heavy atom. The molecule has 1 saturated heterocycles. The number of likely N-dealkylation sites (tertiary alicyclic amines) is 1. The van der Waals surface area contributed by atoms with Crippen LogP contribution in [0.1, 0.15) is 56.8 Å². The molecule has 1 aromatic heterocycles. The van der Waals surface area contributed by atoms with Gasteiger partial charge < -0.3 is 15.0 Å². The van der Waals surface area contributed by atoms with Gasteiger partial charge >= 0.3 is 0 Å². The lowest BCUT2D eigenvalue weighted by Crippen LogP contribution is -2.42. The fraction of sp³-hybridized carbons (Fsp3) is 0.667. The maximum absolute atomic E-state index is 12.6. The van der Waals surface area contributed by atoms with E-state index in [0.717, 1.165) is 63.0 Å². The van der Waals surface area contributed by atoms with Crippen LogP contribution < -0.4 is 10.1 Å². The molecular formula is C21H31N3O3. The van der Waals surface area contributed by atoms with Gasteiger partial charge in [-0.25, -0.2) is 0 Å². The molecule has 0 aromatic carbocycles. The Bertz CT molecular complexity index is 673. The first kappa shape index (κ1) is 19.6. The van der Waals surface area contributed by atoms with Crippen LogP contribution in [-0.4, -0.2) is 47.4 Å². The van der Waals surface area contributed by atoms with E-state index in [2.05, 4.69) is 10.3 Å². The zero-order valence-corrected chi connectivity index (χ0v) is 16.5. The number of nitrogens with one attached hydrogen (secondary N) is 1. The van der Waals surface area contributed by atoms with Crippen LogP contribution in [0, 0.1) is 12.8 Å². The molecule has 6 heteroatoms. The summed E-state index contributed by atoms with van der Waals surface area (Å²) in [6.45, 7) is 5.54. The molecule has 2 fully saturated rings. The molecule has 1 atom stereocenters. The van der Waals surface area contributed by atoms with E-state index >= 15 is 0 Å². The van der Waals surface area contributed by atoms with Crippen LogP contribution in [0.4, 0.5) is 0 Å². The lowest BCUT2D eigenvalue weighted by Gasteiger charge is -2.32. The van der Waals surface area contributed by atoms with Gasteiger partial charge in [-0.15, -0.1) is 0 Å². The van der Waals surface area contributed by atoms with Crippen LogP contribution in [0.2, 0.25) is 0 Å². The number of piperidine rings is 1. The van der Waals surface area contributed by atoms with Crippen molar-refractivity contribution in [2.75, 3.05) is 19.7 Å². The van der Waals surface area contributed by atoms with E-state index in [4.69, 9.17) is 4.74 Å². The second kappa shape index (κ2) is 9.20. The SMILES string of the molecule is CCc1nc(C)ccc1OCC(=O)N1CCC[C@@H](CCC(=O)NC2CC2)C1. The molecule has 1 aliphatic heterocycles. The van der Waals surface area contributed by atoms with Gasteiger partial charge in [0, 0.05) is 31.2 Å². The van der Waals surface area contributed by atoms with Crippen LogP contribution in [0.5, 0.6) is 5.75 Å². The van der Waals surface area contributed by atoms with Crippen molar-refractivity contribution in [3.8, 4) is 5.75 Å². The molecule has 2 amide bonds. The second-order valence-corrected chi connectivity index (χ2v) is 7.77. The Morgan fingerprint density at radius 2 is 2.11 bits per heavy atom. The van der Waals surface area contributed by atoms with Crippen molar-refractivity contribution in [1.29, 1.82) is 0 Å². The first-order valence-corrected chi connectivity index (χ1v) is 10.2. The van der Waals surface area contributed by atoms with Crippen LogP contribution in [0.3, 0.4) is 0 Å². The minimum Gasteiger partial charge on any atom is -0.482 e. The number of carbonyl (C=O) groups is 2. The molecule has 1 aliphatic carbocycles. The third-order valence-electron chi connectivity index (χ3n) is 5.35. The monoisotopic (exact) mass is 373 g/mol. The molecule has 1 saturated carbocycles. The first-order chi connectivity index (χ1) is 13.0. The number of pyridine rings is 1. The molecule has 1 N–H and O–H groups in total. The molecule has 6 nitrogen and oxygen atoms in total. The number of hydrogen-bond acceptors (Lipinski definition) is 4. The molecule has 3 rings (SSSR count). The molecule has 2 aliphatic rings. The summed E-state index contributed by atoms with van der Waals surface area (Å²) < 4.78 is 5.76. The third kappa shape index (κ3) is 5.94. The van der Waals surface area contributed by atoms with Gasteiger partial charge in [-0.2, -0.15) is 0 Å². The Kier molecular flexibility index (Phi) is 6.69. The summed E-state index contributed by atoms with van der Waals surface area (Å²) in [5, 5.41) is 3.04. The number of amides is 2. The highest BCUT2D eigenvalue weighted by Crippen LogP contribution is 2.23. The van der Waals surface area contributed by atoms with Crippen molar-refractivity contribution in [1.82, 2.24) is 15.2 Å². The van der Waals surface area contributed by atoms with E-state index in [1.807, 2.05) is 30.9 Å². The summed E-state index contributed by atoms with van der Waals surface area (Å²) in [6, 6.07) is 4.22. The quantitative estimate of drug-likeness (QED) is 0.760. The Hall–Kier alpha value is -2.11. The van der Waals surface area contributed by atoms with Crippen molar-refractivity contribution in [2.24, 2.45) is 5.92 Å². The maximum atomic E-state index is 12.6. The van der Waals surface area contributed by atoms with E-state index in [-0.39, 0.29) is 18.4 Å². The second-order valence-electron chi connectivity index (χ2n) is 7.77. The van der Waals surface area contributed by atoms with Gasteiger partial charge in [-0.3, -0.25) is 14.6 Å². The average molecular weight is 373 g/mol. The van der Waals surface area contributed by atoms with Gasteiger partial charge in [0.25, 0.3) is 5.91 Å². The molecule has 148 valence electrons. The average Bonchev–Trinajstić information content (AvgIpc) is 3.49. The van der Waals surface area contributed by atoms with Crippen molar-refractivity contribution >= 4 is 11.8 Å². The summed E-state index contributed by atoms with van der Waals surface area (Å²) in [5.74, 6) is 1.27. The molecule has 0 radical (unpaired) electrons. The van der Waals surface area contributed by atoms with Crippen LogP contribution in [0.25, 0.3) is 0 Å². The fourth-order valence-corrected chi connectivity index (χ4v) is 3.60. The zero-order chi connectivity index (χ0) is 19.2. The first-order valence-electron chi connectivity index (χ1n) is 10.2. The number of rotatable bonds is 8. The third-order valence-corrected chi connectivity index (χ3v) is 5.35. The van der Waals surface area contributed by atoms with Gasteiger partial charge in [0.15, 0.2) is 6.61 Å². The van der Waals surface area contributed by atoms with Crippen LogP contribution in [-0.2, 0) is 16.0 Å². The van der Waals surface area contributed by atoms with Gasteiger partial charge in [0.2, 0.25) is 5.91 Å². The summed E-state index contributed by atoms with van der Waals surface area (Å²) in [5.41, 5.74) is 1.84. The lowest BCUT2D eigenvalue weighted by atomic mass is 9.93. The summed E-state index contributed by atoms with van der Waals surface area (Å²) >= 11 is 0. The highest BCUT2D eigenvalue weighted by atomic mass is 16.5. The standard InChI is InChI=1S/C21H31N3O3/c1-3-18-19(10-6-15(2)22-18)27-14-21(26)24-12-4-5-16(13-24)7-11-20(25)23-17-8-9-17/h6,10,16-17H,3-5,7-9,11-14H2,1-2H3,(H,23,25)/t16-/m0/s1. The number of hydrogen-bond donors (Lipinski definition) is 1. The molecule has 0 bridgehead atoms. The number of ether oxygens (including phenoxy) is 1. The van der Waals surface area contributed by atoms with E-state index in [9.17, 15) is 9.59 Å². The van der Waals surface area contributed by atoms with Gasteiger partial charge in [-0.1, -0.05) is 6.92 Å². The number of aryl methyl sites for hydroxylation is 2. The van der Waals surface area contributed by atoms with Gasteiger partial charge in [0.05, 0.1) is 5.69 Å². The minimum absolute atomic E-state index is 0.0183. The van der Waals surface area contributed by atoms with Gasteiger partial charge in [0.1, 0.15) is 5.75 Å². The fourth-order valence-electron chi connectivity index (χ4n) is 3.60. The summed E-state index contributed by atoms with van der Waals surface area (Å²) in [7, 11) is 0. The van der Waals surface area contributed by atoms with E-state index < -0.39 is 0 Å². The summed E-state index contributed by atoms with van der Waals surface area (Å²) in [6.07, 6.45) is 6.51. The Morgan fingerprint density at radius 1 is 1.30 bits per heavy atom. The minimum atomic E-state index is 0.0183. The topological polar surface area (TPSA) is 71.5 Å². The highest BCUT2D eigenvalue weighted by molar-refractivity contribution is 5.78. The van der Waals surface area contributed by atoms with Gasteiger partial charge in [-0.05, 0) is 63.5 Å². The van der Waals surface area contributed by atoms with Crippen LogP contribution >= 0.6 is 0 Å². The zero-order valence-electron chi connectivity index (χ0n) is 16.5. The van der Waals surface area contributed by atoms with Crippen molar-refractivity contribution in [3.63, 3.8) is 0 Å². The smallest absolute Gasteiger partial charge is 0.260 e. The van der Waals surface area contributed by atoms with Crippen LogP contribution in [0.15, 0.2) is 12.1 Å². The number of nitrogens with zero attached hydrogens (tertiary/aromatic N) is 2. The maximum Gasteiger partial charge on any atom is 0.260 e. The molecule has 27 heavy (non-hydrogen) atoms.